The van der Waals surface area contributed by atoms with E-state index in [0.29, 0.717) is 5.56 Å². The van der Waals surface area contributed by atoms with E-state index < -0.39 is 44.0 Å². The summed E-state index contributed by atoms with van der Waals surface area (Å²) < 4.78 is 55.4. The number of nitrogens with one attached hydrogen (secondary N) is 3. The molecule has 0 radical (unpaired) electrons. The molecule has 74 heavy (non-hydrogen) atoms. The molecule has 16 heteroatoms. The number of hydrogen-bond donors (Lipinski definition) is 3. The van der Waals surface area contributed by atoms with E-state index in [4.69, 9.17) is 32.5 Å². The second kappa shape index (κ2) is 28.7. The Labute approximate surface area is 430 Å². The van der Waals surface area contributed by atoms with Gasteiger partial charge in [0, 0.05) is 13.0 Å². The number of carbonyl (C=O) groups is 4. The van der Waals surface area contributed by atoms with Crippen LogP contribution in [0, 0.1) is 0 Å². The van der Waals surface area contributed by atoms with Crippen molar-refractivity contribution >= 4 is 31.9 Å². The number of hydrogen-bond acceptors (Lipinski definition) is 12. The molecule has 0 aliphatic heterocycles. The van der Waals surface area contributed by atoms with Gasteiger partial charge in [-0.05, 0) is 63.9 Å². The highest BCUT2D eigenvalue weighted by Crippen LogP contribution is 2.53. The van der Waals surface area contributed by atoms with Gasteiger partial charge in [0.1, 0.15) is 38.5 Å². The topological polar surface area (TPSA) is 186 Å². The first-order valence-electron chi connectivity index (χ1n) is 24.1. The number of alkyl carbamates (subject to hydrolysis) is 2. The summed E-state index contributed by atoms with van der Waals surface area (Å²) in [5.41, 5.74) is 5.11. The van der Waals surface area contributed by atoms with Crippen LogP contribution in [0.15, 0.2) is 200 Å². The molecule has 0 spiro atoms. The van der Waals surface area contributed by atoms with Crippen molar-refractivity contribution in [2.24, 2.45) is 0 Å². The highest BCUT2D eigenvalue weighted by atomic mass is 31.2. The molecule has 7 rings (SSSR count). The van der Waals surface area contributed by atoms with Gasteiger partial charge in [0.15, 0.2) is 11.5 Å². The molecule has 0 fully saturated rings. The molecule has 0 aliphatic carbocycles. The summed E-state index contributed by atoms with van der Waals surface area (Å²) in [7, 11) is -4.35. The Morgan fingerprint density at radius 1 is 0.432 bits per heavy atom. The zero-order valence-electron chi connectivity index (χ0n) is 40.6. The first-order valence-corrected chi connectivity index (χ1v) is 25.5. The predicted octanol–water partition coefficient (Wildman–Crippen LogP) is 11.0. The normalized spacial score (nSPS) is 11.8. The molecule has 0 unspecified atom stereocenters. The van der Waals surface area contributed by atoms with E-state index in [1.807, 2.05) is 170 Å². The fourth-order valence-electron chi connectivity index (χ4n) is 7.25. The number of phosphoric acid groups is 1. The lowest BCUT2D eigenvalue weighted by Crippen LogP contribution is -2.48. The monoisotopic (exact) mass is 1020 g/mol. The van der Waals surface area contributed by atoms with Crippen molar-refractivity contribution in [2.75, 3.05) is 6.54 Å². The van der Waals surface area contributed by atoms with Crippen molar-refractivity contribution in [2.45, 2.75) is 71.0 Å². The van der Waals surface area contributed by atoms with Crippen LogP contribution in [0.1, 0.15) is 51.8 Å². The van der Waals surface area contributed by atoms with Crippen molar-refractivity contribution in [1.82, 2.24) is 16.0 Å². The van der Waals surface area contributed by atoms with Crippen LogP contribution in [-0.2, 0) is 83.5 Å². The van der Waals surface area contributed by atoms with Crippen molar-refractivity contribution in [3.63, 3.8) is 0 Å². The van der Waals surface area contributed by atoms with Crippen LogP contribution in [0.4, 0.5) is 9.59 Å². The van der Waals surface area contributed by atoms with E-state index in [1.54, 1.807) is 24.3 Å². The second-order valence-corrected chi connectivity index (χ2v) is 18.5. The number of phosphoric ester groups is 1. The maximum atomic E-state index is 14.5. The first kappa shape index (κ1) is 53.6. The molecule has 7 aromatic carbocycles. The molecule has 2 atom stereocenters. The van der Waals surface area contributed by atoms with Crippen molar-refractivity contribution < 1.29 is 56.3 Å². The third-order valence-corrected chi connectivity index (χ3v) is 12.5. The summed E-state index contributed by atoms with van der Waals surface area (Å²) in [5.74, 6) is -1.05. The molecule has 382 valence electrons. The second-order valence-electron chi connectivity index (χ2n) is 16.9. The Bertz CT molecular complexity index is 2820. The fraction of sp³-hybridized carbons (Fsp3) is 0.207. The molecule has 3 amide bonds. The minimum absolute atomic E-state index is 0.0137. The largest absolute Gasteiger partial charge is 0.530 e. The molecular weight excluding hydrogens is 962 g/mol. The summed E-state index contributed by atoms with van der Waals surface area (Å²) >= 11 is 0. The zero-order chi connectivity index (χ0) is 51.6. The Morgan fingerprint density at radius 3 is 1.30 bits per heavy atom. The number of esters is 1. The third-order valence-electron chi connectivity index (χ3n) is 11.2. The van der Waals surface area contributed by atoms with Crippen LogP contribution < -0.4 is 25.2 Å². The van der Waals surface area contributed by atoms with Crippen molar-refractivity contribution in [3.05, 3.63) is 239 Å². The molecule has 0 saturated heterocycles. The van der Waals surface area contributed by atoms with Crippen LogP contribution in [0.25, 0.3) is 0 Å². The Morgan fingerprint density at radius 2 is 0.838 bits per heavy atom. The van der Waals surface area contributed by atoms with Gasteiger partial charge in [-0.3, -0.25) is 13.8 Å². The molecule has 0 bridgehead atoms. The summed E-state index contributed by atoms with van der Waals surface area (Å²) in [5, 5.41) is 8.19. The predicted molar refractivity (Wildman–Crippen MR) is 277 cm³/mol. The van der Waals surface area contributed by atoms with Crippen LogP contribution in [0.5, 0.6) is 11.5 Å². The number of carbonyl (C=O) groups excluding carboxylic acids is 4. The lowest BCUT2D eigenvalue weighted by Gasteiger charge is -2.22. The lowest BCUT2D eigenvalue weighted by atomic mass is 10.0. The van der Waals surface area contributed by atoms with Crippen LogP contribution >= 0.6 is 7.82 Å². The molecule has 7 aromatic rings. The number of amides is 3. The summed E-state index contributed by atoms with van der Waals surface area (Å²) in [6, 6.07) is 57.6. The van der Waals surface area contributed by atoms with E-state index in [1.165, 1.54) is 6.07 Å². The summed E-state index contributed by atoms with van der Waals surface area (Å²) in [4.78, 5) is 53.8. The highest BCUT2D eigenvalue weighted by molar-refractivity contribution is 7.48. The number of rotatable bonds is 27. The Hall–Kier alpha value is -8.23. The Kier molecular flexibility index (Phi) is 20.8. The average Bonchev–Trinajstić information content (AvgIpc) is 3.44. The quantitative estimate of drug-likeness (QED) is 0.0192. The summed E-state index contributed by atoms with van der Waals surface area (Å²) in [6.07, 6.45) is -1.44. The van der Waals surface area contributed by atoms with Crippen LogP contribution in [-0.4, -0.2) is 42.7 Å². The standard InChI is InChI=1S/C58H58N3O12P/c62-55(59-35-19-32-51(56(63)68-39-45-22-9-2-10-23-45)60-57(64)69-40-46-24-11-3-12-25-46)52(61-58(65)70-41-47-26-13-4-14-27-47)36-50-33-34-53(54(37-50)67-38-44-20-7-1-8-21-44)73-74(66,71-42-48-28-15-5-16-29-48)72-43-49-30-17-6-18-31-49/h1-18,20-31,33-34,37,51-52H,19,32,35-36,38-43H2,(H,59,62)(H,60,64)(H,61,65)/t51-,52-/m0/s1. The number of benzene rings is 7. The molecule has 0 aliphatic rings. The zero-order valence-corrected chi connectivity index (χ0v) is 41.5. The van der Waals surface area contributed by atoms with E-state index >= 15 is 0 Å². The maximum absolute atomic E-state index is 14.5. The van der Waals surface area contributed by atoms with Crippen molar-refractivity contribution in [1.29, 1.82) is 0 Å². The van der Waals surface area contributed by atoms with Gasteiger partial charge in [-0.25, -0.2) is 18.9 Å². The van der Waals surface area contributed by atoms with Gasteiger partial charge in [-0.15, -0.1) is 0 Å². The van der Waals surface area contributed by atoms with Gasteiger partial charge in [-0.1, -0.05) is 188 Å². The van der Waals surface area contributed by atoms with Gasteiger partial charge >= 0.3 is 26.0 Å². The van der Waals surface area contributed by atoms with E-state index in [0.717, 1.165) is 33.4 Å². The minimum atomic E-state index is -4.35. The molecule has 15 nitrogen and oxygen atoms in total. The minimum Gasteiger partial charge on any atom is -0.485 e. The van der Waals surface area contributed by atoms with Crippen molar-refractivity contribution in [3.8, 4) is 11.5 Å². The molecule has 0 saturated carbocycles. The fourth-order valence-corrected chi connectivity index (χ4v) is 8.43. The lowest BCUT2D eigenvalue weighted by molar-refractivity contribution is -0.147. The molecule has 0 heterocycles. The average molecular weight is 1020 g/mol. The maximum Gasteiger partial charge on any atom is 0.530 e. The van der Waals surface area contributed by atoms with Crippen LogP contribution in [0.3, 0.4) is 0 Å². The van der Waals surface area contributed by atoms with Gasteiger partial charge < -0.3 is 39.4 Å². The molecule has 3 N–H and O–H groups in total. The van der Waals surface area contributed by atoms with Gasteiger partial charge in [0.25, 0.3) is 0 Å². The van der Waals surface area contributed by atoms with E-state index in [9.17, 15) is 23.7 Å². The van der Waals surface area contributed by atoms with Gasteiger partial charge in [0.05, 0.1) is 13.2 Å². The highest BCUT2D eigenvalue weighted by Gasteiger charge is 2.32. The van der Waals surface area contributed by atoms with Gasteiger partial charge in [-0.2, -0.15) is 0 Å². The number of ether oxygens (including phenoxy) is 4. The van der Waals surface area contributed by atoms with E-state index in [2.05, 4.69) is 16.0 Å². The van der Waals surface area contributed by atoms with Crippen LogP contribution in [0.2, 0.25) is 0 Å². The smallest absolute Gasteiger partial charge is 0.485 e. The summed E-state index contributed by atoms with van der Waals surface area (Å²) in [6.45, 7) is -0.105. The first-order chi connectivity index (χ1) is 36.2. The molecular formula is C58H58N3O12P. The van der Waals surface area contributed by atoms with E-state index in [-0.39, 0.29) is 76.9 Å². The van der Waals surface area contributed by atoms with Gasteiger partial charge in [0.2, 0.25) is 5.91 Å². The third kappa shape index (κ3) is 18.4. The Balaban J connectivity index is 1.07. The SMILES string of the molecule is O=C(N[C@@H](Cc1ccc(OP(=O)(OCc2ccccc2)OCc2ccccc2)c(OCc2ccccc2)c1)C(=O)NCCC[C@H](NC(=O)OCc1ccccc1)C(=O)OCc1ccccc1)OCc1ccccc1. The molecule has 0 aromatic heterocycles.